The third-order valence-electron chi connectivity index (χ3n) is 6.64. The second kappa shape index (κ2) is 8.45. The number of rotatable bonds is 4. The van der Waals surface area contributed by atoms with E-state index in [1.807, 2.05) is 12.4 Å². The number of fused-ring (bicyclic) bond motifs is 3. The highest BCUT2D eigenvalue weighted by Crippen LogP contribution is 2.40. The molecule has 0 saturated carbocycles. The molecule has 0 unspecified atom stereocenters. The number of aromatic nitrogens is 2. The molecule has 0 radical (unpaired) electrons. The molecule has 0 fully saturated rings. The third-order valence-corrected chi connectivity index (χ3v) is 6.64. The molecule has 170 valence electrons. The Labute approximate surface area is 200 Å². The Morgan fingerprint density at radius 2 is 0.882 bits per heavy atom. The maximum Gasteiger partial charge on any atom is 0.119 e. The van der Waals surface area contributed by atoms with Crippen LogP contribution in [0.3, 0.4) is 0 Å². The Bertz CT molecular complexity index is 1410. The highest BCUT2D eigenvalue weighted by molar-refractivity contribution is 6.12. The van der Waals surface area contributed by atoms with Crippen LogP contribution in [-0.2, 0) is 0 Å². The van der Waals surface area contributed by atoms with Crippen molar-refractivity contribution < 1.29 is 9.47 Å². The monoisotopic (exact) mass is 448 g/mol. The van der Waals surface area contributed by atoms with Crippen molar-refractivity contribution in [3.05, 3.63) is 83.2 Å². The molecule has 2 heterocycles. The molecule has 3 aromatic carbocycles. The van der Waals surface area contributed by atoms with Gasteiger partial charge in [-0.25, -0.2) is 0 Å². The van der Waals surface area contributed by atoms with Crippen LogP contribution < -0.4 is 9.47 Å². The maximum absolute atomic E-state index is 5.47. The number of methoxy groups -OCH3 is 2. The Kier molecular flexibility index (Phi) is 5.45. The van der Waals surface area contributed by atoms with E-state index in [0.717, 1.165) is 44.4 Å². The predicted octanol–water partition coefficient (Wildman–Crippen LogP) is 7.37. The Balaban J connectivity index is 1.78. The molecule has 0 amide bonds. The smallest absolute Gasteiger partial charge is 0.119 e. The first-order valence-corrected chi connectivity index (χ1v) is 11.4. The zero-order valence-electron chi connectivity index (χ0n) is 20.5. The molecule has 0 bridgehead atoms. The van der Waals surface area contributed by atoms with Gasteiger partial charge in [-0.05, 0) is 109 Å². The van der Waals surface area contributed by atoms with Gasteiger partial charge in [-0.15, -0.1) is 0 Å². The van der Waals surface area contributed by atoms with Crippen LogP contribution in [0.4, 0.5) is 0 Å². The largest absolute Gasteiger partial charge is 0.497 e. The van der Waals surface area contributed by atoms with E-state index >= 15 is 0 Å². The van der Waals surface area contributed by atoms with Gasteiger partial charge in [0.1, 0.15) is 11.5 Å². The van der Waals surface area contributed by atoms with E-state index in [4.69, 9.17) is 19.4 Å². The molecule has 0 aliphatic carbocycles. The average molecular weight is 449 g/mol. The molecule has 0 aliphatic rings. The Morgan fingerprint density at radius 1 is 0.529 bits per heavy atom. The molecule has 5 rings (SSSR count). The van der Waals surface area contributed by atoms with Gasteiger partial charge in [-0.3, -0.25) is 9.97 Å². The fraction of sp³-hybridized carbons (Fsp3) is 0.200. The standard InChI is InChI=1S/C30H28N2O2/c1-17-13-21(33-5)14-18(2)27(17)23-9-11-31-29-25(23)7-8-26-24(10-12-32-30(26)29)28-19(3)15-22(34-6)16-20(28)4/h7-16H,1-6H3. The van der Waals surface area contributed by atoms with Gasteiger partial charge >= 0.3 is 0 Å². The second-order valence-electron chi connectivity index (χ2n) is 8.85. The summed E-state index contributed by atoms with van der Waals surface area (Å²) in [5, 5.41) is 2.19. The van der Waals surface area contributed by atoms with E-state index in [9.17, 15) is 0 Å². The van der Waals surface area contributed by atoms with Crippen LogP contribution in [0.15, 0.2) is 60.9 Å². The van der Waals surface area contributed by atoms with Crippen LogP contribution in [0.1, 0.15) is 22.3 Å². The van der Waals surface area contributed by atoms with Gasteiger partial charge in [0.25, 0.3) is 0 Å². The van der Waals surface area contributed by atoms with Gasteiger partial charge in [-0.2, -0.15) is 0 Å². The summed E-state index contributed by atoms with van der Waals surface area (Å²) in [6, 6.07) is 16.9. The van der Waals surface area contributed by atoms with E-state index in [-0.39, 0.29) is 0 Å². The number of nitrogens with zero attached hydrogens (tertiary/aromatic N) is 2. The lowest BCUT2D eigenvalue weighted by Gasteiger charge is -2.17. The molecule has 0 N–H and O–H groups in total. The van der Waals surface area contributed by atoms with Crippen molar-refractivity contribution >= 4 is 21.8 Å². The summed E-state index contributed by atoms with van der Waals surface area (Å²) in [6.45, 7) is 8.51. The van der Waals surface area contributed by atoms with Gasteiger partial charge in [0, 0.05) is 23.2 Å². The van der Waals surface area contributed by atoms with Crippen molar-refractivity contribution in [2.24, 2.45) is 0 Å². The first-order chi connectivity index (χ1) is 16.4. The van der Waals surface area contributed by atoms with E-state index in [1.54, 1.807) is 14.2 Å². The van der Waals surface area contributed by atoms with Crippen molar-refractivity contribution in [3.63, 3.8) is 0 Å². The number of aryl methyl sites for hydroxylation is 4. The van der Waals surface area contributed by atoms with Crippen LogP contribution >= 0.6 is 0 Å². The molecule has 4 nitrogen and oxygen atoms in total. The summed E-state index contributed by atoms with van der Waals surface area (Å²) in [5.74, 6) is 1.75. The highest BCUT2D eigenvalue weighted by Gasteiger charge is 2.17. The second-order valence-corrected chi connectivity index (χ2v) is 8.85. The fourth-order valence-corrected chi connectivity index (χ4v) is 5.20. The van der Waals surface area contributed by atoms with Crippen LogP contribution in [0, 0.1) is 27.7 Å². The van der Waals surface area contributed by atoms with Crippen LogP contribution in [0.25, 0.3) is 44.1 Å². The summed E-state index contributed by atoms with van der Waals surface area (Å²) >= 11 is 0. The summed E-state index contributed by atoms with van der Waals surface area (Å²) in [7, 11) is 3.41. The maximum atomic E-state index is 5.47. The minimum Gasteiger partial charge on any atom is -0.497 e. The summed E-state index contributed by atoms with van der Waals surface area (Å²) in [6.07, 6.45) is 3.77. The lowest BCUT2D eigenvalue weighted by Crippen LogP contribution is -1.96. The SMILES string of the molecule is COc1cc(C)c(-c2ccnc3c2ccc2c(-c4c(C)cc(OC)cc4C)ccnc23)c(C)c1. The normalized spacial score (nSPS) is 11.2. The van der Waals surface area contributed by atoms with Crippen LogP contribution in [0.2, 0.25) is 0 Å². The van der Waals surface area contributed by atoms with Crippen molar-refractivity contribution in [3.8, 4) is 33.8 Å². The number of hydrogen-bond donors (Lipinski definition) is 0. The van der Waals surface area contributed by atoms with E-state index in [0.29, 0.717) is 0 Å². The quantitative estimate of drug-likeness (QED) is 0.269. The Morgan fingerprint density at radius 3 is 1.21 bits per heavy atom. The molecule has 2 aromatic heterocycles. The molecule has 0 aliphatic heterocycles. The van der Waals surface area contributed by atoms with Gasteiger partial charge in [-0.1, -0.05) is 12.1 Å². The number of pyridine rings is 2. The predicted molar refractivity (Wildman–Crippen MR) is 140 cm³/mol. The summed E-state index contributed by atoms with van der Waals surface area (Å²) in [5.41, 5.74) is 11.3. The first kappa shape index (κ1) is 21.9. The van der Waals surface area contributed by atoms with E-state index < -0.39 is 0 Å². The molecular weight excluding hydrogens is 420 g/mol. The molecule has 0 saturated heterocycles. The highest BCUT2D eigenvalue weighted by atomic mass is 16.5. The third kappa shape index (κ3) is 3.47. The summed E-state index contributed by atoms with van der Waals surface area (Å²) < 4.78 is 10.9. The topological polar surface area (TPSA) is 44.2 Å². The van der Waals surface area contributed by atoms with Gasteiger partial charge < -0.3 is 9.47 Å². The summed E-state index contributed by atoms with van der Waals surface area (Å²) in [4.78, 5) is 9.58. The van der Waals surface area contributed by atoms with Crippen molar-refractivity contribution in [2.45, 2.75) is 27.7 Å². The zero-order chi connectivity index (χ0) is 24.0. The van der Waals surface area contributed by atoms with Gasteiger partial charge in [0.15, 0.2) is 0 Å². The van der Waals surface area contributed by atoms with Crippen molar-refractivity contribution in [1.82, 2.24) is 9.97 Å². The number of benzene rings is 3. The van der Waals surface area contributed by atoms with E-state index in [1.165, 1.54) is 33.4 Å². The van der Waals surface area contributed by atoms with Crippen LogP contribution in [-0.4, -0.2) is 24.2 Å². The minimum atomic E-state index is 0.874. The molecular formula is C30H28N2O2. The van der Waals surface area contributed by atoms with Crippen molar-refractivity contribution in [1.29, 1.82) is 0 Å². The zero-order valence-corrected chi connectivity index (χ0v) is 20.5. The van der Waals surface area contributed by atoms with E-state index in [2.05, 4.69) is 76.2 Å². The minimum absolute atomic E-state index is 0.874. The molecule has 34 heavy (non-hydrogen) atoms. The molecule has 0 atom stereocenters. The van der Waals surface area contributed by atoms with Crippen molar-refractivity contribution in [2.75, 3.05) is 14.2 Å². The lowest BCUT2D eigenvalue weighted by molar-refractivity contribution is 0.414. The first-order valence-electron chi connectivity index (χ1n) is 11.4. The lowest BCUT2D eigenvalue weighted by atomic mass is 9.90. The Hall–Kier alpha value is -3.92. The van der Waals surface area contributed by atoms with Crippen LogP contribution in [0.5, 0.6) is 11.5 Å². The number of ether oxygens (including phenoxy) is 2. The molecule has 4 heteroatoms. The average Bonchev–Trinajstić information content (AvgIpc) is 2.83. The van der Waals surface area contributed by atoms with Gasteiger partial charge in [0.2, 0.25) is 0 Å². The number of hydrogen-bond acceptors (Lipinski definition) is 4. The molecule has 5 aromatic rings. The van der Waals surface area contributed by atoms with Gasteiger partial charge in [0.05, 0.1) is 25.3 Å². The fourth-order valence-electron chi connectivity index (χ4n) is 5.20. The molecule has 0 spiro atoms.